The molecule has 2 rings (SSSR count). The van der Waals surface area contributed by atoms with Crippen molar-refractivity contribution >= 4 is 23.2 Å². The third-order valence-corrected chi connectivity index (χ3v) is 3.91. The van der Waals surface area contributed by atoms with Crippen molar-refractivity contribution in [3.05, 3.63) is 64.9 Å². The van der Waals surface area contributed by atoms with Crippen molar-refractivity contribution in [3.63, 3.8) is 0 Å². The highest BCUT2D eigenvalue weighted by atomic mass is 35.5. The van der Waals surface area contributed by atoms with Crippen molar-refractivity contribution in [2.45, 2.75) is 19.5 Å². The number of nitrogens with one attached hydrogen (secondary N) is 2. The summed E-state index contributed by atoms with van der Waals surface area (Å²) in [6.45, 7) is 2.50. The molecule has 5 heteroatoms. The van der Waals surface area contributed by atoms with Crippen LogP contribution in [0.4, 0.5) is 10.1 Å². The smallest absolute Gasteiger partial charge is 0.282 e. The Hall–Kier alpha value is -1.91. The molecule has 0 aliphatic carbocycles. The number of rotatable bonds is 5. The summed E-state index contributed by atoms with van der Waals surface area (Å²) in [4.78, 5) is 13.2. The fourth-order valence-corrected chi connectivity index (χ4v) is 2.23. The van der Waals surface area contributed by atoms with Crippen molar-refractivity contribution in [1.82, 2.24) is 0 Å². The molecule has 0 aliphatic rings. The van der Waals surface area contributed by atoms with Gasteiger partial charge in [0.25, 0.3) is 5.91 Å². The summed E-state index contributed by atoms with van der Waals surface area (Å²) in [7, 11) is 1.93. The number of halogens is 2. The average Bonchev–Trinajstić information content (AvgIpc) is 2.51. The van der Waals surface area contributed by atoms with Gasteiger partial charge in [-0.25, -0.2) is 4.39 Å². The number of likely N-dealkylation sites (N-methyl/N-ethyl adjacent to an activating group) is 1. The summed E-state index contributed by atoms with van der Waals surface area (Å²) >= 11 is 5.86. The lowest BCUT2D eigenvalue weighted by atomic mass is 10.2. The number of para-hydroxylation sites is 1. The third-order valence-electron chi connectivity index (χ3n) is 3.66. The maximum absolute atomic E-state index is 13.6. The van der Waals surface area contributed by atoms with E-state index < -0.39 is 5.82 Å². The second-order valence-corrected chi connectivity index (χ2v) is 5.78. The Morgan fingerprint density at radius 3 is 2.50 bits per heavy atom. The molecule has 1 unspecified atom stereocenters. The lowest BCUT2D eigenvalue weighted by Crippen LogP contribution is -3.12. The minimum atomic E-state index is -0.432. The standard InChI is InChI=1S/C17H18ClFN2O/c1-12(17(22)20-16-6-4-3-5-15(16)19)21(2)11-13-7-9-14(18)10-8-13/h3-10,12H,11H2,1-2H3,(H,20,22)/p+1/t12-/m0/s1. The number of hydrogen-bond donors (Lipinski definition) is 2. The molecule has 2 aromatic rings. The number of quaternary nitrogens is 1. The predicted molar refractivity (Wildman–Crippen MR) is 86.5 cm³/mol. The van der Waals surface area contributed by atoms with E-state index in [4.69, 9.17) is 11.6 Å². The topological polar surface area (TPSA) is 33.5 Å². The van der Waals surface area contributed by atoms with Crippen molar-refractivity contribution in [2.24, 2.45) is 0 Å². The van der Waals surface area contributed by atoms with E-state index in [0.29, 0.717) is 11.6 Å². The van der Waals surface area contributed by atoms with Gasteiger partial charge in [0.15, 0.2) is 6.04 Å². The van der Waals surface area contributed by atoms with E-state index in [1.807, 2.05) is 38.2 Å². The van der Waals surface area contributed by atoms with Crippen LogP contribution in [0.15, 0.2) is 48.5 Å². The van der Waals surface area contributed by atoms with Gasteiger partial charge >= 0.3 is 0 Å². The number of hydrogen-bond acceptors (Lipinski definition) is 1. The van der Waals surface area contributed by atoms with Gasteiger partial charge in [-0.15, -0.1) is 0 Å². The Morgan fingerprint density at radius 2 is 1.86 bits per heavy atom. The van der Waals surface area contributed by atoms with E-state index in [0.717, 1.165) is 10.5 Å². The van der Waals surface area contributed by atoms with Crippen LogP contribution >= 0.6 is 11.6 Å². The Kier molecular flexibility index (Phi) is 5.52. The van der Waals surface area contributed by atoms with Gasteiger partial charge in [-0.3, -0.25) is 4.79 Å². The fourth-order valence-electron chi connectivity index (χ4n) is 2.10. The van der Waals surface area contributed by atoms with Gasteiger partial charge in [0, 0.05) is 10.6 Å². The van der Waals surface area contributed by atoms with Gasteiger partial charge in [0.1, 0.15) is 12.4 Å². The van der Waals surface area contributed by atoms with Crippen LogP contribution < -0.4 is 10.2 Å². The van der Waals surface area contributed by atoms with Crippen LogP contribution in [0.1, 0.15) is 12.5 Å². The normalized spacial score (nSPS) is 13.5. The molecule has 2 aromatic carbocycles. The van der Waals surface area contributed by atoms with Gasteiger partial charge in [-0.2, -0.15) is 0 Å². The van der Waals surface area contributed by atoms with Gasteiger partial charge in [0.05, 0.1) is 12.7 Å². The monoisotopic (exact) mass is 321 g/mol. The molecule has 0 aromatic heterocycles. The third kappa shape index (κ3) is 4.29. The summed E-state index contributed by atoms with van der Waals surface area (Å²) < 4.78 is 13.6. The highest BCUT2D eigenvalue weighted by Gasteiger charge is 2.22. The van der Waals surface area contributed by atoms with Crippen molar-refractivity contribution < 1.29 is 14.1 Å². The summed E-state index contributed by atoms with van der Waals surface area (Å²) in [6.07, 6.45) is 0. The number of amides is 1. The van der Waals surface area contributed by atoms with Crippen molar-refractivity contribution in [2.75, 3.05) is 12.4 Å². The average molecular weight is 322 g/mol. The lowest BCUT2D eigenvalue weighted by Gasteiger charge is -2.21. The molecule has 3 nitrogen and oxygen atoms in total. The number of anilines is 1. The molecule has 0 saturated heterocycles. The largest absolute Gasteiger partial charge is 0.324 e. The quantitative estimate of drug-likeness (QED) is 0.872. The van der Waals surface area contributed by atoms with Gasteiger partial charge in [-0.1, -0.05) is 35.9 Å². The highest BCUT2D eigenvalue weighted by Crippen LogP contribution is 2.12. The predicted octanol–water partition coefficient (Wildman–Crippen LogP) is 2.52. The Labute approximate surface area is 134 Å². The number of benzene rings is 2. The second kappa shape index (κ2) is 7.38. The van der Waals surface area contributed by atoms with Gasteiger partial charge < -0.3 is 10.2 Å². The zero-order valence-corrected chi connectivity index (χ0v) is 13.3. The van der Waals surface area contributed by atoms with Crippen LogP contribution in [-0.2, 0) is 11.3 Å². The minimum Gasteiger partial charge on any atom is -0.324 e. The molecule has 22 heavy (non-hydrogen) atoms. The molecule has 0 radical (unpaired) electrons. The molecular weight excluding hydrogens is 303 g/mol. The molecule has 0 aliphatic heterocycles. The van der Waals surface area contributed by atoms with Crippen LogP contribution in [0.3, 0.4) is 0 Å². The molecule has 0 saturated carbocycles. The van der Waals surface area contributed by atoms with E-state index in [1.165, 1.54) is 6.07 Å². The Morgan fingerprint density at radius 1 is 1.23 bits per heavy atom. The van der Waals surface area contributed by atoms with Gasteiger partial charge in [0.2, 0.25) is 0 Å². The van der Waals surface area contributed by atoms with E-state index in [1.54, 1.807) is 18.2 Å². The Bertz CT molecular complexity index is 645. The SMILES string of the molecule is C[C@@H](C(=O)Nc1ccccc1F)[NH+](C)Cc1ccc(Cl)cc1. The summed E-state index contributed by atoms with van der Waals surface area (Å²) in [5, 5.41) is 3.32. The molecule has 2 atom stereocenters. The lowest BCUT2D eigenvalue weighted by molar-refractivity contribution is -0.907. The van der Waals surface area contributed by atoms with Gasteiger partial charge in [-0.05, 0) is 31.2 Å². The molecule has 0 bridgehead atoms. The maximum atomic E-state index is 13.6. The van der Waals surface area contributed by atoms with Crippen LogP contribution in [0, 0.1) is 5.82 Å². The first-order valence-corrected chi connectivity index (χ1v) is 7.47. The molecule has 0 fully saturated rings. The summed E-state index contributed by atoms with van der Waals surface area (Å²) in [6, 6.07) is 13.4. The fraction of sp³-hybridized carbons (Fsp3) is 0.235. The van der Waals surface area contributed by atoms with E-state index in [9.17, 15) is 9.18 Å². The van der Waals surface area contributed by atoms with Crippen LogP contribution in [0.5, 0.6) is 0 Å². The molecule has 0 heterocycles. The van der Waals surface area contributed by atoms with E-state index >= 15 is 0 Å². The molecule has 116 valence electrons. The first-order chi connectivity index (χ1) is 10.5. The first kappa shape index (κ1) is 16.5. The number of carbonyl (C=O) groups excluding carboxylic acids is 1. The zero-order chi connectivity index (χ0) is 16.1. The summed E-state index contributed by atoms with van der Waals surface area (Å²) in [5.74, 6) is -0.644. The van der Waals surface area contributed by atoms with Crippen molar-refractivity contribution in [3.8, 4) is 0 Å². The maximum Gasteiger partial charge on any atom is 0.282 e. The molecular formula is C17H19ClFN2O+. The first-order valence-electron chi connectivity index (χ1n) is 7.09. The highest BCUT2D eigenvalue weighted by molar-refractivity contribution is 6.30. The second-order valence-electron chi connectivity index (χ2n) is 5.34. The summed E-state index contributed by atoms with van der Waals surface area (Å²) in [5.41, 5.74) is 1.30. The molecule has 0 spiro atoms. The van der Waals surface area contributed by atoms with Crippen molar-refractivity contribution in [1.29, 1.82) is 0 Å². The van der Waals surface area contributed by atoms with E-state index in [2.05, 4.69) is 5.32 Å². The van der Waals surface area contributed by atoms with E-state index in [-0.39, 0.29) is 17.6 Å². The van der Waals surface area contributed by atoms with Crippen LogP contribution in [0.2, 0.25) is 5.02 Å². The van der Waals surface area contributed by atoms with Crippen LogP contribution in [0.25, 0.3) is 0 Å². The zero-order valence-electron chi connectivity index (χ0n) is 12.6. The Balaban J connectivity index is 1.97. The molecule has 1 amide bonds. The number of carbonyl (C=O) groups is 1. The minimum absolute atomic E-state index is 0.207. The van der Waals surface area contributed by atoms with Crippen LogP contribution in [-0.4, -0.2) is 19.0 Å². The molecule has 2 N–H and O–H groups in total.